The number of hydrogen-bond acceptors (Lipinski definition) is 5. The topological polar surface area (TPSA) is 92.8 Å². The van der Waals surface area contributed by atoms with Gasteiger partial charge in [0, 0.05) is 16.1 Å². The number of rotatable bonds is 6. The van der Waals surface area contributed by atoms with Gasteiger partial charge in [0.2, 0.25) is 5.75 Å². The molecule has 0 radical (unpaired) electrons. The molecule has 0 saturated carbocycles. The molecule has 2 atom stereocenters. The summed E-state index contributed by atoms with van der Waals surface area (Å²) in [6, 6.07) is 2.87. The van der Waals surface area contributed by atoms with Crippen LogP contribution in [0.2, 0.25) is 0 Å². The lowest BCUT2D eigenvalue weighted by Crippen LogP contribution is -2.31. The fourth-order valence-electron chi connectivity index (χ4n) is 1.53. The highest BCUT2D eigenvalue weighted by Gasteiger charge is 2.26. The second kappa shape index (κ2) is 6.51. The Bertz CT molecular complexity index is 502. The Balaban J connectivity index is 3.23. The third kappa shape index (κ3) is 4.16. The van der Waals surface area contributed by atoms with Crippen LogP contribution < -0.4 is 4.74 Å². The molecule has 0 spiro atoms. The van der Waals surface area contributed by atoms with Crippen molar-refractivity contribution in [2.75, 3.05) is 6.61 Å². The number of nitrogens with zero attached hydrogens (tertiary/aromatic N) is 1. The minimum atomic E-state index is -1.09. The van der Waals surface area contributed by atoms with Gasteiger partial charge in [0.05, 0.1) is 16.6 Å². The molecule has 0 aliphatic carbocycles. The summed E-state index contributed by atoms with van der Waals surface area (Å²) in [5.74, 6) is -0.0121. The maximum atomic E-state index is 11.1. The van der Waals surface area contributed by atoms with Crippen LogP contribution in [-0.4, -0.2) is 27.3 Å². The summed E-state index contributed by atoms with van der Waals surface area (Å²) in [4.78, 5) is 10.5. The minimum Gasteiger partial charge on any atom is -0.484 e. The van der Waals surface area contributed by atoms with E-state index in [0.717, 1.165) is 0 Å². The molecule has 0 aliphatic heterocycles. The zero-order chi connectivity index (χ0) is 15.5. The van der Waals surface area contributed by atoms with E-state index in [9.17, 15) is 20.3 Å². The number of nitro benzene ring substituents is 1. The molecular weight excluding hydrogens is 330 g/mol. The molecule has 0 bridgehead atoms. The van der Waals surface area contributed by atoms with Crippen molar-refractivity contribution in [3.05, 3.63) is 32.3 Å². The van der Waals surface area contributed by atoms with E-state index in [4.69, 9.17) is 4.74 Å². The first-order valence-electron chi connectivity index (χ1n) is 6.19. The van der Waals surface area contributed by atoms with Gasteiger partial charge in [-0.25, -0.2) is 0 Å². The van der Waals surface area contributed by atoms with Crippen LogP contribution >= 0.6 is 15.9 Å². The number of ether oxygens (including phenoxy) is 1. The second-order valence-electron chi connectivity index (χ2n) is 4.92. The lowest BCUT2D eigenvalue weighted by molar-refractivity contribution is -0.386. The highest BCUT2D eigenvalue weighted by Crippen LogP contribution is 2.38. The summed E-state index contributed by atoms with van der Waals surface area (Å²) in [7, 11) is 0. The monoisotopic (exact) mass is 347 g/mol. The molecule has 112 valence electrons. The van der Waals surface area contributed by atoms with Crippen LogP contribution in [-0.2, 0) is 0 Å². The van der Waals surface area contributed by atoms with E-state index in [2.05, 4.69) is 15.9 Å². The lowest BCUT2D eigenvalue weighted by Gasteiger charge is -2.23. The zero-order valence-corrected chi connectivity index (χ0v) is 13.2. The van der Waals surface area contributed by atoms with Gasteiger partial charge in [-0.2, -0.15) is 0 Å². The van der Waals surface area contributed by atoms with Crippen LogP contribution in [0.4, 0.5) is 5.69 Å². The molecule has 0 aliphatic rings. The van der Waals surface area contributed by atoms with E-state index < -0.39 is 16.6 Å². The van der Waals surface area contributed by atoms with E-state index in [1.54, 1.807) is 19.9 Å². The quantitative estimate of drug-likeness (QED) is 0.609. The maximum Gasteiger partial charge on any atom is 0.312 e. The van der Waals surface area contributed by atoms with Crippen molar-refractivity contribution in [2.45, 2.75) is 38.9 Å². The van der Waals surface area contributed by atoms with Gasteiger partial charge in [0.25, 0.3) is 0 Å². The van der Waals surface area contributed by atoms with Crippen LogP contribution in [0.3, 0.4) is 0 Å². The van der Waals surface area contributed by atoms with Crippen LogP contribution in [0.1, 0.15) is 38.9 Å². The Morgan fingerprint density at radius 2 is 2.15 bits per heavy atom. The van der Waals surface area contributed by atoms with Crippen molar-refractivity contribution in [3.63, 3.8) is 0 Å². The van der Waals surface area contributed by atoms with E-state index >= 15 is 0 Å². The van der Waals surface area contributed by atoms with Crippen LogP contribution in [0.5, 0.6) is 5.75 Å². The molecule has 0 fully saturated rings. The summed E-state index contributed by atoms with van der Waals surface area (Å²) < 4.78 is 5.91. The third-order valence-electron chi connectivity index (χ3n) is 3.00. The summed E-state index contributed by atoms with van der Waals surface area (Å²) >= 11 is 3.17. The van der Waals surface area contributed by atoms with Gasteiger partial charge >= 0.3 is 5.69 Å². The van der Waals surface area contributed by atoms with E-state index in [0.29, 0.717) is 16.5 Å². The highest BCUT2D eigenvalue weighted by molar-refractivity contribution is 9.10. The van der Waals surface area contributed by atoms with Gasteiger partial charge in [-0.3, -0.25) is 10.1 Å². The van der Waals surface area contributed by atoms with Gasteiger partial charge in [-0.15, -0.1) is 0 Å². The zero-order valence-electron chi connectivity index (χ0n) is 11.6. The largest absolute Gasteiger partial charge is 0.484 e. The molecule has 2 N–H and O–H groups in total. The van der Waals surface area contributed by atoms with E-state index in [1.165, 1.54) is 13.0 Å². The van der Waals surface area contributed by atoms with Crippen LogP contribution in [0.25, 0.3) is 0 Å². The number of aliphatic hydroxyl groups excluding tert-OH is 1. The van der Waals surface area contributed by atoms with Gasteiger partial charge in [0.15, 0.2) is 0 Å². The summed E-state index contributed by atoms with van der Waals surface area (Å²) in [6.45, 7) is 4.77. The number of nitro groups is 1. The summed E-state index contributed by atoms with van der Waals surface area (Å²) in [5.41, 5.74) is -1.03. The molecule has 1 rings (SSSR count). The molecule has 0 heterocycles. The Labute approximate surface area is 125 Å². The first-order chi connectivity index (χ1) is 9.18. The molecule has 0 saturated heterocycles. The van der Waals surface area contributed by atoms with E-state index in [-0.39, 0.29) is 18.0 Å². The number of benzene rings is 1. The Morgan fingerprint density at radius 3 is 2.60 bits per heavy atom. The Hall–Kier alpha value is -1.18. The summed E-state index contributed by atoms with van der Waals surface area (Å²) in [6.07, 6.45) is -0.478. The molecule has 6 nitrogen and oxygen atoms in total. The average Bonchev–Trinajstić information content (AvgIpc) is 2.36. The average molecular weight is 348 g/mol. The first-order valence-corrected chi connectivity index (χ1v) is 6.98. The predicted octanol–water partition coefficient (Wildman–Crippen LogP) is 2.95. The highest BCUT2D eigenvalue weighted by atomic mass is 79.9. The van der Waals surface area contributed by atoms with Crippen LogP contribution in [0, 0.1) is 10.1 Å². The number of hydrogen-bond donors (Lipinski definition) is 2. The fourth-order valence-corrected chi connectivity index (χ4v) is 2.00. The lowest BCUT2D eigenvalue weighted by atomic mass is 10.0. The standard InChI is InChI=1S/C13H18BrNO5/c1-4-13(3,17)7-20-12-10(8(2)16)5-9(14)6-11(12)15(18)19/h5-6,8,16-17H,4,7H2,1-3H3. The van der Waals surface area contributed by atoms with Crippen molar-refractivity contribution < 1.29 is 19.9 Å². The first kappa shape index (κ1) is 16.9. The maximum absolute atomic E-state index is 11.1. The SMILES string of the molecule is CCC(C)(O)COc1c(C(C)O)cc(Br)cc1[N+](=O)[O-]. The van der Waals surface area contributed by atoms with Crippen LogP contribution in [0.15, 0.2) is 16.6 Å². The molecule has 1 aromatic carbocycles. The predicted molar refractivity (Wildman–Crippen MR) is 77.8 cm³/mol. The summed E-state index contributed by atoms with van der Waals surface area (Å²) in [5, 5.41) is 30.8. The second-order valence-corrected chi connectivity index (χ2v) is 5.83. The van der Waals surface area contributed by atoms with E-state index in [1.807, 2.05) is 0 Å². The van der Waals surface area contributed by atoms with Gasteiger partial charge in [0.1, 0.15) is 6.61 Å². The Kier molecular flexibility index (Phi) is 5.50. The molecular formula is C13H18BrNO5. The number of halogens is 1. The fraction of sp³-hybridized carbons (Fsp3) is 0.538. The van der Waals surface area contributed by atoms with Gasteiger partial charge < -0.3 is 14.9 Å². The van der Waals surface area contributed by atoms with Crippen molar-refractivity contribution in [2.24, 2.45) is 0 Å². The van der Waals surface area contributed by atoms with Gasteiger partial charge in [-0.05, 0) is 26.3 Å². The molecule has 0 aromatic heterocycles. The molecule has 20 heavy (non-hydrogen) atoms. The molecule has 0 amide bonds. The third-order valence-corrected chi connectivity index (χ3v) is 3.46. The normalized spacial score (nSPS) is 15.5. The van der Waals surface area contributed by atoms with Crippen molar-refractivity contribution in [3.8, 4) is 5.75 Å². The Morgan fingerprint density at radius 1 is 1.55 bits per heavy atom. The molecule has 7 heteroatoms. The molecule has 2 unspecified atom stereocenters. The van der Waals surface area contributed by atoms with Gasteiger partial charge in [-0.1, -0.05) is 22.9 Å². The van der Waals surface area contributed by atoms with Crippen molar-refractivity contribution in [1.82, 2.24) is 0 Å². The molecule has 1 aromatic rings. The smallest absolute Gasteiger partial charge is 0.312 e. The van der Waals surface area contributed by atoms with Crippen molar-refractivity contribution >= 4 is 21.6 Å². The van der Waals surface area contributed by atoms with Crippen molar-refractivity contribution in [1.29, 1.82) is 0 Å². The minimum absolute atomic E-state index is 0.0121. The number of aliphatic hydroxyl groups is 2.